The number of aryl methyl sites for hydroxylation is 1. The lowest BCUT2D eigenvalue weighted by atomic mass is 10.4. The summed E-state index contributed by atoms with van der Waals surface area (Å²) >= 11 is 0. The molecule has 0 aliphatic heterocycles. The third-order valence-corrected chi connectivity index (χ3v) is 3.71. The van der Waals surface area contributed by atoms with Crippen molar-refractivity contribution in [3.8, 4) is 0 Å². The van der Waals surface area contributed by atoms with Crippen LogP contribution in [0.25, 0.3) is 0 Å². The van der Waals surface area contributed by atoms with Crippen molar-refractivity contribution in [1.29, 1.82) is 0 Å². The highest BCUT2D eigenvalue weighted by atomic mass is 16.5. The average Bonchev–Trinajstić information content (AvgIpc) is 3.28. The Balaban J connectivity index is 1.68. The van der Waals surface area contributed by atoms with E-state index in [1.54, 1.807) is 0 Å². The SMILES string of the molecule is CCNC(=NCc1nnc(C)n1C)NCCCOCC1CC1. The van der Waals surface area contributed by atoms with Crippen LogP contribution < -0.4 is 10.6 Å². The topological polar surface area (TPSA) is 76.4 Å². The Morgan fingerprint density at radius 3 is 2.82 bits per heavy atom. The first-order chi connectivity index (χ1) is 10.7. The second-order valence-electron chi connectivity index (χ2n) is 5.72. The molecule has 22 heavy (non-hydrogen) atoms. The van der Waals surface area contributed by atoms with Crippen molar-refractivity contribution in [2.75, 3.05) is 26.3 Å². The summed E-state index contributed by atoms with van der Waals surface area (Å²) in [5, 5.41) is 14.7. The zero-order valence-electron chi connectivity index (χ0n) is 13.9. The number of ether oxygens (including phenoxy) is 1. The van der Waals surface area contributed by atoms with Crippen molar-refractivity contribution in [1.82, 2.24) is 25.4 Å². The fourth-order valence-electron chi connectivity index (χ4n) is 2.00. The average molecular weight is 308 g/mol. The number of nitrogens with zero attached hydrogens (tertiary/aromatic N) is 4. The molecule has 1 fully saturated rings. The van der Waals surface area contributed by atoms with Gasteiger partial charge >= 0.3 is 0 Å². The molecule has 2 N–H and O–H groups in total. The minimum Gasteiger partial charge on any atom is -0.381 e. The van der Waals surface area contributed by atoms with E-state index in [2.05, 4.69) is 32.7 Å². The lowest BCUT2D eigenvalue weighted by molar-refractivity contribution is 0.123. The molecule has 1 aliphatic carbocycles. The van der Waals surface area contributed by atoms with Crippen LogP contribution in [0.4, 0.5) is 0 Å². The molecule has 124 valence electrons. The molecule has 0 radical (unpaired) electrons. The molecule has 0 amide bonds. The Bertz CT molecular complexity index is 480. The van der Waals surface area contributed by atoms with E-state index in [-0.39, 0.29) is 0 Å². The lowest BCUT2D eigenvalue weighted by Crippen LogP contribution is -2.38. The maximum absolute atomic E-state index is 5.63. The van der Waals surface area contributed by atoms with E-state index in [0.717, 1.165) is 56.3 Å². The minimum atomic E-state index is 0.519. The largest absolute Gasteiger partial charge is 0.381 e. The molecule has 1 aliphatic rings. The summed E-state index contributed by atoms with van der Waals surface area (Å²) in [5.74, 6) is 3.41. The molecule has 0 bridgehead atoms. The summed E-state index contributed by atoms with van der Waals surface area (Å²) in [4.78, 5) is 4.54. The van der Waals surface area contributed by atoms with Crippen LogP contribution in [-0.4, -0.2) is 47.0 Å². The van der Waals surface area contributed by atoms with Crippen LogP contribution in [0.5, 0.6) is 0 Å². The molecule has 1 saturated carbocycles. The number of hydrogen-bond donors (Lipinski definition) is 2. The van der Waals surface area contributed by atoms with Gasteiger partial charge in [-0.05, 0) is 39.0 Å². The highest BCUT2D eigenvalue weighted by molar-refractivity contribution is 5.79. The Labute approximate surface area is 132 Å². The fraction of sp³-hybridized carbons (Fsp3) is 0.800. The van der Waals surface area contributed by atoms with Gasteiger partial charge in [-0.25, -0.2) is 4.99 Å². The zero-order valence-corrected chi connectivity index (χ0v) is 13.9. The molecule has 7 heteroatoms. The van der Waals surface area contributed by atoms with Crippen molar-refractivity contribution in [3.63, 3.8) is 0 Å². The maximum atomic E-state index is 5.63. The van der Waals surface area contributed by atoms with Crippen molar-refractivity contribution >= 4 is 5.96 Å². The van der Waals surface area contributed by atoms with Crippen LogP contribution in [-0.2, 0) is 18.3 Å². The van der Waals surface area contributed by atoms with Gasteiger partial charge in [-0.2, -0.15) is 0 Å². The molecule has 1 aromatic rings. The van der Waals surface area contributed by atoms with Gasteiger partial charge < -0.3 is 19.9 Å². The van der Waals surface area contributed by atoms with E-state index >= 15 is 0 Å². The molecule has 0 atom stereocenters. The van der Waals surface area contributed by atoms with Gasteiger partial charge in [0.05, 0.1) is 0 Å². The molecular formula is C15H28N6O. The Morgan fingerprint density at radius 2 is 2.18 bits per heavy atom. The van der Waals surface area contributed by atoms with E-state index in [1.807, 2.05) is 18.5 Å². The predicted molar refractivity (Wildman–Crippen MR) is 86.7 cm³/mol. The minimum absolute atomic E-state index is 0.519. The van der Waals surface area contributed by atoms with Crippen LogP contribution in [0, 0.1) is 12.8 Å². The van der Waals surface area contributed by atoms with Crippen LogP contribution in [0.1, 0.15) is 37.8 Å². The van der Waals surface area contributed by atoms with Crippen LogP contribution in [0.15, 0.2) is 4.99 Å². The zero-order chi connectivity index (χ0) is 15.8. The third kappa shape index (κ3) is 5.63. The van der Waals surface area contributed by atoms with Gasteiger partial charge in [-0.3, -0.25) is 0 Å². The summed E-state index contributed by atoms with van der Waals surface area (Å²) in [5.41, 5.74) is 0. The van der Waals surface area contributed by atoms with Crippen molar-refractivity contribution in [3.05, 3.63) is 11.6 Å². The van der Waals surface area contributed by atoms with E-state index in [1.165, 1.54) is 12.8 Å². The Kier molecular flexibility index (Phi) is 6.64. The second kappa shape index (κ2) is 8.73. The third-order valence-electron chi connectivity index (χ3n) is 3.71. The number of rotatable bonds is 9. The smallest absolute Gasteiger partial charge is 0.191 e. The summed E-state index contributed by atoms with van der Waals surface area (Å²) in [6.45, 7) is 7.94. The first kappa shape index (κ1) is 16.7. The van der Waals surface area contributed by atoms with E-state index < -0.39 is 0 Å². The maximum Gasteiger partial charge on any atom is 0.191 e. The summed E-state index contributed by atoms with van der Waals surface area (Å²) in [6.07, 6.45) is 3.67. The van der Waals surface area contributed by atoms with Crippen LogP contribution >= 0.6 is 0 Å². The van der Waals surface area contributed by atoms with Gasteiger partial charge in [0.25, 0.3) is 0 Å². The highest BCUT2D eigenvalue weighted by Gasteiger charge is 2.20. The van der Waals surface area contributed by atoms with Gasteiger partial charge in [0.2, 0.25) is 0 Å². The quantitative estimate of drug-likeness (QED) is 0.404. The van der Waals surface area contributed by atoms with Gasteiger partial charge in [0.15, 0.2) is 11.8 Å². The molecular weight excluding hydrogens is 280 g/mol. The molecule has 0 unspecified atom stereocenters. The summed E-state index contributed by atoms with van der Waals surface area (Å²) in [6, 6.07) is 0. The first-order valence-corrected chi connectivity index (χ1v) is 8.15. The predicted octanol–water partition coefficient (Wildman–Crippen LogP) is 0.995. The van der Waals surface area contributed by atoms with E-state index in [9.17, 15) is 0 Å². The summed E-state index contributed by atoms with van der Waals surface area (Å²) in [7, 11) is 1.96. The van der Waals surface area contributed by atoms with Crippen LogP contribution in [0.2, 0.25) is 0 Å². The molecule has 7 nitrogen and oxygen atoms in total. The normalized spacial score (nSPS) is 15.1. The summed E-state index contributed by atoms with van der Waals surface area (Å²) < 4.78 is 7.58. The first-order valence-electron chi connectivity index (χ1n) is 8.15. The van der Waals surface area contributed by atoms with Crippen molar-refractivity contribution < 1.29 is 4.74 Å². The lowest BCUT2D eigenvalue weighted by Gasteiger charge is -2.11. The second-order valence-corrected chi connectivity index (χ2v) is 5.72. The molecule has 2 rings (SSSR count). The number of aromatic nitrogens is 3. The van der Waals surface area contributed by atoms with Gasteiger partial charge in [-0.1, -0.05) is 0 Å². The fourth-order valence-corrected chi connectivity index (χ4v) is 2.00. The van der Waals surface area contributed by atoms with Crippen LogP contribution in [0.3, 0.4) is 0 Å². The molecule has 1 heterocycles. The van der Waals surface area contributed by atoms with Crippen molar-refractivity contribution in [2.45, 2.75) is 39.7 Å². The standard InChI is InChI=1S/C15H28N6O/c1-4-16-15(17-8-5-9-22-11-13-6-7-13)18-10-14-20-19-12(2)21(14)3/h13H,4-11H2,1-3H3,(H2,16,17,18). The number of nitrogens with one attached hydrogen (secondary N) is 2. The molecule has 0 saturated heterocycles. The number of guanidine groups is 1. The van der Waals surface area contributed by atoms with Crippen molar-refractivity contribution in [2.24, 2.45) is 18.0 Å². The Hall–Kier alpha value is -1.63. The molecule has 1 aromatic heterocycles. The number of aliphatic imine (C=N–C) groups is 1. The van der Waals surface area contributed by atoms with E-state index in [4.69, 9.17) is 4.74 Å². The molecule has 0 aromatic carbocycles. The molecule has 0 spiro atoms. The van der Waals surface area contributed by atoms with Gasteiger partial charge in [0.1, 0.15) is 12.4 Å². The van der Waals surface area contributed by atoms with Gasteiger partial charge in [-0.15, -0.1) is 10.2 Å². The van der Waals surface area contributed by atoms with E-state index in [0.29, 0.717) is 6.54 Å². The highest BCUT2D eigenvalue weighted by Crippen LogP contribution is 2.28. The monoisotopic (exact) mass is 308 g/mol. The Morgan fingerprint density at radius 1 is 1.36 bits per heavy atom. The van der Waals surface area contributed by atoms with Gasteiger partial charge in [0, 0.05) is 33.4 Å². The number of hydrogen-bond acceptors (Lipinski definition) is 4.